The third-order valence-corrected chi connectivity index (χ3v) is 5.85. The summed E-state index contributed by atoms with van der Waals surface area (Å²) in [7, 11) is 1.57. The summed E-state index contributed by atoms with van der Waals surface area (Å²) in [6.45, 7) is 3.89. The molecular formula is C24H25BrN2O3. The van der Waals surface area contributed by atoms with Crippen LogP contribution in [0, 0.1) is 6.92 Å². The molecule has 0 unspecified atom stereocenters. The minimum Gasteiger partial charge on any atom is -0.483 e. The lowest BCUT2D eigenvalue weighted by atomic mass is 10.1. The van der Waals surface area contributed by atoms with Gasteiger partial charge in [-0.15, -0.1) is 0 Å². The number of carbonyl (C=O) groups excluding carboxylic acids is 2. The monoisotopic (exact) mass is 468 g/mol. The maximum Gasteiger partial charge on any atom is 0.261 e. The van der Waals surface area contributed by atoms with Crippen LogP contribution < -0.4 is 10.1 Å². The maximum absolute atomic E-state index is 13.0. The molecule has 0 saturated carbocycles. The predicted octanol–water partition coefficient (Wildman–Crippen LogP) is 4.45. The Morgan fingerprint density at radius 1 is 1.10 bits per heavy atom. The van der Waals surface area contributed by atoms with Crippen molar-refractivity contribution in [3.63, 3.8) is 0 Å². The maximum atomic E-state index is 13.0. The van der Waals surface area contributed by atoms with E-state index in [1.165, 1.54) is 0 Å². The van der Waals surface area contributed by atoms with Crippen LogP contribution in [0.15, 0.2) is 65.1 Å². The molecule has 0 heterocycles. The first-order chi connectivity index (χ1) is 14.4. The fourth-order valence-corrected chi connectivity index (χ4v) is 3.95. The van der Waals surface area contributed by atoms with Gasteiger partial charge in [-0.25, -0.2) is 0 Å². The van der Waals surface area contributed by atoms with Crippen molar-refractivity contribution in [3.05, 3.63) is 76.3 Å². The standard InChI is InChI=1S/C24H25BrN2O3/c1-16-7-6-8-18(13-16)14-27(17(2)24(29)26-3)22(28)15-30-21-12-11-19-9-4-5-10-20(19)23(21)25/h4-13,17H,14-15H2,1-3H3,(H,26,29)/t17-/m1/s1. The Balaban J connectivity index is 1.79. The molecule has 0 fully saturated rings. The number of benzene rings is 3. The van der Waals surface area contributed by atoms with Gasteiger partial charge in [0.05, 0.1) is 4.47 Å². The van der Waals surface area contributed by atoms with Gasteiger partial charge in [0.25, 0.3) is 5.91 Å². The predicted molar refractivity (Wildman–Crippen MR) is 122 cm³/mol. The molecule has 0 saturated heterocycles. The topological polar surface area (TPSA) is 58.6 Å². The average Bonchev–Trinajstić information content (AvgIpc) is 2.76. The van der Waals surface area contributed by atoms with Crippen molar-refractivity contribution in [1.82, 2.24) is 10.2 Å². The average molecular weight is 469 g/mol. The molecule has 0 radical (unpaired) electrons. The van der Waals surface area contributed by atoms with Crippen molar-refractivity contribution in [3.8, 4) is 5.75 Å². The van der Waals surface area contributed by atoms with Crippen LogP contribution in [-0.2, 0) is 16.1 Å². The number of ether oxygens (including phenoxy) is 1. The number of halogens is 1. The molecular weight excluding hydrogens is 444 g/mol. The molecule has 1 atom stereocenters. The highest BCUT2D eigenvalue weighted by atomic mass is 79.9. The quantitative estimate of drug-likeness (QED) is 0.556. The van der Waals surface area contributed by atoms with Gasteiger partial charge in [-0.05, 0) is 52.2 Å². The Morgan fingerprint density at radius 3 is 2.60 bits per heavy atom. The van der Waals surface area contributed by atoms with E-state index in [0.717, 1.165) is 26.4 Å². The van der Waals surface area contributed by atoms with Gasteiger partial charge >= 0.3 is 0 Å². The third-order valence-electron chi connectivity index (χ3n) is 5.03. The molecule has 3 rings (SSSR count). The molecule has 5 nitrogen and oxygen atoms in total. The van der Waals surface area contributed by atoms with Gasteiger partial charge in [0, 0.05) is 13.6 Å². The van der Waals surface area contributed by atoms with Gasteiger partial charge < -0.3 is 15.0 Å². The zero-order chi connectivity index (χ0) is 21.7. The van der Waals surface area contributed by atoms with Crippen molar-refractivity contribution in [2.75, 3.05) is 13.7 Å². The lowest BCUT2D eigenvalue weighted by Gasteiger charge is -2.28. The molecule has 30 heavy (non-hydrogen) atoms. The van der Waals surface area contributed by atoms with E-state index in [1.54, 1.807) is 18.9 Å². The first-order valence-electron chi connectivity index (χ1n) is 9.77. The van der Waals surface area contributed by atoms with Crippen LogP contribution in [-0.4, -0.2) is 36.4 Å². The smallest absolute Gasteiger partial charge is 0.261 e. The summed E-state index contributed by atoms with van der Waals surface area (Å²) in [5, 5.41) is 4.71. The molecule has 2 amide bonds. The van der Waals surface area contributed by atoms with Crippen LogP contribution >= 0.6 is 15.9 Å². The molecule has 0 aromatic heterocycles. The Labute approximate surface area is 185 Å². The number of fused-ring (bicyclic) bond motifs is 1. The molecule has 0 aliphatic carbocycles. The summed E-state index contributed by atoms with van der Waals surface area (Å²) in [6.07, 6.45) is 0. The van der Waals surface area contributed by atoms with Gasteiger partial charge in [0.1, 0.15) is 11.8 Å². The Morgan fingerprint density at radius 2 is 1.87 bits per heavy atom. The largest absolute Gasteiger partial charge is 0.483 e. The van der Waals surface area contributed by atoms with Gasteiger partial charge in [-0.2, -0.15) is 0 Å². The number of nitrogens with zero attached hydrogens (tertiary/aromatic N) is 1. The number of likely N-dealkylation sites (N-methyl/N-ethyl adjacent to an activating group) is 1. The number of rotatable bonds is 7. The van der Waals surface area contributed by atoms with Crippen LogP contribution in [0.3, 0.4) is 0 Å². The van der Waals surface area contributed by atoms with Crippen LogP contribution in [0.1, 0.15) is 18.1 Å². The summed E-state index contributed by atoms with van der Waals surface area (Å²) < 4.78 is 6.65. The number of hydrogen-bond acceptors (Lipinski definition) is 3. The summed E-state index contributed by atoms with van der Waals surface area (Å²) in [5.74, 6) is 0.112. The SMILES string of the molecule is CNC(=O)[C@@H](C)N(Cc1cccc(C)c1)C(=O)COc1ccc2ccccc2c1Br. The highest BCUT2D eigenvalue weighted by Gasteiger charge is 2.26. The van der Waals surface area contributed by atoms with Gasteiger partial charge in [-0.3, -0.25) is 9.59 Å². The van der Waals surface area contributed by atoms with Crippen LogP contribution in [0.2, 0.25) is 0 Å². The Kier molecular flexibility index (Phi) is 7.11. The highest BCUT2D eigenvalue weighted by molar-refractivity contribution is 9.10. The number of carbonyl (C=O) groups is 2. The summed E-state index contributed by atoms with van der Waals surface area (Å²) in [4.78, 5) is 26.8. The minimum absolute atomic E-state index is 0.163. The van der Waals surface area contributed by atoms with Gasteiger partial charge in [0.15, 0.2) is 6.61 Å². The van der Waals surface area contributed by atoms with Crippen molar-refractivity contribution < 1.29 is 14.3 Å². The normalized spacial score (nSPS) is 11.7. The van der Waals surface area contributed by atoms with E-state index < -0.39 is 6.04 Å². The fraction of sp³-hybridized carbons (Fsp3) is 0.250. The van der Waals surface area contributed by atoms with E-state index in [0.29, 0.717) is 12.3 Å². The van der Waals surface area contributed by atoms with E-state index in [1.807, 2.05) is 67.6 Å². The van der Waals surface area contributed by atoms with Crippen LogP contribution in [0.25, 0.3) is 10.8 Å². The molecule has 1 N–H and O–H groups in total. The van der Waals surface area contributed by atoms with E-state index in [9.17, 15) is 9.59 Å². The Hall–Kier alpha value is -2.86. The van der Waals surface area contributed by atoms with Gasteiger partial charge in [0.2, 0.25) is 5.91 Å². The zero-order valence-corrected chi connectivity index (χ0v) is 18.9. The van der Waals surface area contributed by atoms with E-state index in [2.05, 4.69) is 21.2 Å². The number of nitrogens with one attached hydrogen (secondary N) is 1. The lowest BCUT2D eigenvalue weighted by Crippen LogP contribution is -2.48. The fourth-order valence-electron chi connectivity index (χ4n) is 3.35. The summed E-state index contributed by atoms with van der Waals surface area (Å²) >= 11 is 3.58. The molecule has 0 aliphatic rings. The minimum atomic E-state index is -0.619. The van der Waals surface area contributed by atoms with Crippen molar-refractivity contribution in [1.29, 1.82) is 0 Å². The number of aryl methyl sites for hydroxylation is 1. The van der Waals surface area contributed by atoms with E-state index >= 15 is 0 Å². The van der Waals surface area contributed by atoms with E-state index in [-0.39, 0.29) is 18.4 Å². The third kappa shape index (κ3) is 5.00. The van der Waals surface area contributed by atoms with Crippen LogP contribution in [0.4, 0.5) is 0 Å². The summed E-state index contributed by atoms with van der Waals surface area (Å²) in [6, 6.07) is 19.0. The molecule has 0 bridgehead atoms. The molecule has 156 valence electrons. The molecule has 0 aliphatic heterocycles. The first-order valence-corrected chi connectivity index (χ1v) is 10.6. The number of amides is 2. The second kappa shape index (κ2) is 9.76. The highest BCUT2D eigenvalue weighted by Crippen LogP contribution is 2.33. The van der Waals surface area contributed by atoms with Crippen molar-refractivity contribution in [2.45, 2.75) is 26.4 Å². The molecule has 6 heteroatoms. The molecule has 3 aromatic carbocycles. The Bertz CT molecular complexity index is 1070. The van der Waals surface area contributed by atoms with Crippen molar-refractivity contribution >= 4 is 38.5 Å². The van der Waals surface area contributed by atoms with Crippen LogP contribution in [0.5, 0.6) is 5.75 Å². The van der Waals surface area contributed by atoms with Crippen molar-refractivity contribution in [2.24, 2.45) is 0 Å². The zero-order valence-electron chi connectivity index (χ0n) is 17.3. The number of hydrogen-bond donors (Lipinski definition) is 1. The second-order valence-electron chi connectivity index (χ2n) is 7.19. The van der Waals surface area contributed by atoms with E-state index in [4.69, 9.17) is 4.74 Å². The lowest BCUT2D eigenvalue weighted by molar-refractivity contribution is -0.142. The van der Waals surface area contributed by atoms with Gasteiger partial charge in [-0.1, -0.05) is 60.2 Å². The second-order valence-corrected chi connectivity index (χ2v) is 7.98. The first kappa shape index (κ1) is 21.8. The summed E-state index contributed by atoms with van der Waals surface area (Å²) in [5.41, 5.74) is 2.06. The molecule has 3 aromatic rings. The molecule has 0 spiro atoms.